The Hall–Kier alpha value is 0.960. The third-order valence-electron chi connectivity index (χ3n) is 2.47. The fraction of sp³-hybridized carbons (Fsp3) is 1.00. The maximum Gasteiger partial charge on any atom is 1.00 e. The minimum absolute atomic E-state index is 0. The molecule has 0 bridgehead atoms. The Kier molecular flexibility index (Phi) is 4.11. The molecule has 1 N–H and O–H groups in total. The van der Waals surface area contributed by atoms with Gasteiger partial charge in [0.05, 0.1) is 0 Å². The van der Waals surface area contributed by atoms with Crippen molar-refractivity contribution in [2.75, 3.05) is 6.54 Å². The summed E-state index contributed by atoms with van der Waals surface area (Å²) in [5, 5.41) is 3.55. The van der Waals surface area contributed by atoms with Crippen LogP contribution in [-0.2, 0) is 0 Å². The molecule has 2 heteroatoms. The van der Waals surface area contributed by atoms with Crippen molar-refractivity contribution in [3.05, 3.63) is 0 Å². The summed E-state index contributed by atoms with van der Waals surface area (Å²) in [4.78, 5) is 0. The molecule has 0 aliphatic carbocycles. The second-order valence-corrected chi connectivity index (χ2v) is 4.90. The Bertz CT molecular complexity index is 106. The average molecular weight is 165 g/mol. The first-order chi connectivity index (χ1) is 4.41. The molecule has 0 aromatic heterocycles. The SMILES string of the molecule is CC1(C)CCC(C)(C)NC1.[H-].[Na+]. The van der Waals surface area contributed by atoms with Gasteiger partial charge in [-0.25, -0.2) is 0 Å². The summed E-state index contributed by atoms with van der Waals surface area (Å²) in [5.41, 5.74) is 0.908. The van der Waals surface area contributed by atoms with Crippen molar-refractivity contribution < 1.29 is 31.0 Å². The number of hydrogen-bond donors (Lipinski definition) is 1. The summed E-state index contributed by atoms with van der Waals surface area (Å²) in [6.45, 7) is 10.4. The normalized spacial score (nSPS) is 27.3. The second-order valence-electron chi connectivity index (χ2n) is 4.90. The van der Waals surface area contributed by atoms with Gasteiger partial charge in [0.2, 0.25) is 0 Å². The Labute approximate surface area is 94.1 Å². The monoisotopic (exact) mass is 165 g/mol. The molecule has 1 rings (SSSR count). The van der Waals surface area contributed by atoms with Crippen molar-refractivity contribution in [2.45, 2.75) is 46.1 Å². The van der Waals surface area contributed by atoms with Crippen molar-refractivity contribution >= 4 is 0 Å². The van der Waals surface area contributed by atoms with Crippen LogP contribution in [0.3, 0.4) is 0 Å². The van der Waals surface area contributed by atoms with Gasteiger partial charge in [-0.15, -0.1) is 0 Å². The van der Waals surface area contributed by atoms with Crippen molar-refractivity contribution in [1.82, 2.24) is 5.32 Å². The van der Waals surface area contributed by atoms with Gasteiger partial charge in [0.25, 0.3) is 0 Å². The zero-order chi connectivity index (χ0) is 7.83. The largest absolute Gasteiger partial charge is 1.00 e. The molecule has 0 aromatic carbocycles. The molecule has 0 spiro atoms. The van der Waals surface area contributed by atoms with E-state index in [4.69, 9.17) is 0 Å². The van der Waals surface area contributed by atoms with Crippen molar-refractivity contribution in [2.24, 2.45) is 5.41 Å². The Morgan fingerprint density at radius 1 is 1.09 bits per heavy atom. The minimum atomic E-state index is 0. The summed E-state index contributed by atoms with van der Waals surface area (Å²) < 4.78 is 0. The third kappa shape index (κ3) is 3.93. The van der Waals surface area contributed by atoms with Crippen LogP contribution in [0.25, 0.3) is 0 Å². The molecule has 62 valence electrons. The fourth-order valence-corrected chi connectivity index (χ4v) is 1.31. The van der Waals surface area contributed by atoms with Crippen LogP contribution in [0.15, 0.2) is 0 Å². The van der Waals surface area contributed by atoms with Crippen LogP contribution in [0.4, 0.5) is 0 Å². The van der Waals surface area contributed by atoms with Crippen molar-refractivity contribution in [3.8, 4) is 0 Å². The maximum absolute atomic E-state index is 3.55. The standard InChI is InChI=1S/C9H19N.Na.H/c1-8(2)5-6-9(3,4)10-7-8;;/h10H,5-7H2,1-4H3;;/q;+1;-1. The first-order valence-electron chi connectivity index (χ1n) is 4.16. The molecule has 0 atom stereocenters. The fourth-order valence-electron chi connectivity index (χ4n) is 1.31. The average Bonchev–Trinajstić information content (AvgIpc) is 1.79. The molecule has 1 saturated heterocycles. The van der Waals surface area contributed by atoms with Gasteiger partial charge in [-0.05, 0) is 32.1 Å². The Morgan fingerprint density at radius 3 is 1.91 bits per heavy atom. The first-order valence-corrected chi connectivity index (χ1v) is 4.16. The molecular weight excluding hydrogens is 145 g/mol. The molecule has 0 radical (unpaired) electrons. The van der Waals surface area contributed by atoms with Gasteiger partial charge >= 0.3 is 29.6 Å². The molecular formula is C9H20NNa. The topological polar surface area (TPSA) is 12.0 Å². The van der Waals surface area contributed by atoms with Crippen LogP contribution in [0.5, 0.6) is 0 Å². The summed E-state index contributed by atoms with van der Waals surface area (Å²) in [7, 11) is 0. The molecule has 0 amide bonds. The molecule has 1 heterocycles. The van der Waals surface area contributed by atoms with E-state index in [-0.39, 0.29) is 31.0 Å². The van der Waals surface area contributed by atoms with E-state index >= 15 is 0 Å². The molecule has 0 saturated carbocycles. The van der Waals surface area contributed by atoms with Crippen LogP contribution in [0.2, 0.25) is 0 Å². The van der Waals surface area contributed by atoms with Gasteiger partial charge in [-0.3, -0.25) is 0 Å². The summed E-state index contributed by atoms with van der Waals surface area (Å²) in [6, 6.07) is 0. The molecule has 0 aromatic rings. The van der Waals surface area contributed by atoms with Crippen LogP contribution >= 0.6 is 0 Å². The molecule has 1 nitrogen and oxygen atoms in total. The maximum atomic E-state index is 3.55. The molecule has 11 heavy (non-hydrogen) atoms. The van der Waals surface area contributed by atoms with Crippen LogP contribution < -0.4 is 34.9 Å². The van der Waals surface area contributed by atoms with Gasteiger partial charge in [0.15, 0.2) is 0 Å². The second kappa shape index (κ2) is 3.78. The van der Waals surface area contributed by atoms with E-state index in [0.717, 1.165) is 0 Å². The number of nitrogens with one attached hydrogen (secondary N) is 1. The van der Waals surface area contributed by atoms with Gasteiger partial charge < -0.3 is 6.74 Å². The molecule has 1 fully saturated rings. The number of hydrogen-bond acceptors (Lipinski definition) is 1. The van der Waals surface area contributed by atoms with Gasteiger partial charge in [-0.2, -0.15) is 0 Å². The Morgan fingerprint density at radius 2 is 1.64 bits per heavy atom. The molecule has 1 aliphatic heterocycles. The molecule has 0 unspecified atom stereocenters. The van der Waals surface area contributed by atoms with Gasteiger partial charge in [0, 0.05) is 12.1 Å². The third-order valence-corrected chi connectivity index (χ3v) is 2.47. The zero-order valence-corrected chi connectivity index (χ0v) is 10.6. The number of rotatable bonds is 0. The van der Waals surface area contributed by atoms with E-state index in [1.54, 1.807) is 0 Å². The summed E-state index contributed by atoms with van der Waals surface area (Å²) >= 11 is 0. The quantitative estimate of drug-likeness (QED) is 0.468. The molecule has 1 aliphatic rings. The smallest absolute Gasteiger partial charge is 1.00 e. The van der Waals surface area contributed by atoms with E-state index in [9.17, 15) is 0 Å². The van der Waals surface area contributed by atoms with Gasteiger partial charge in [0.1, 0.15) is 0 Å². The minimum Gasteiger partial charge on any atom is -1.00 e. The summed E-state index contributed by atoms with van der Waals surface area (Å²) in [5.74, 6) is 0. The van der Waals surface area contributed by atoms with Crippen LogP contribution in [0.1, 0.15) is 42.0 Å². The van der Waals surface area contributed by atoms with Crippen LogP contribution in [0, 0.1) is 5.41 Å². The predicted octanol–water partition coefficient (Wildman–Crippen LogP) is -0.709. The zero-order valence-electron chi connectivity index (χ0n) is 9.62. The first kappa shape index (κ1) is 12.0. The van der Waals surface area contributed by atoms with Gasteiger partial charge in [-0.1, -0.05) is 13.8 Å². The van der Waals surface area contributed by atoms with E-state index < -0.39 is 0 Å². The predicted molar refractivity (Wildman–Crippen MR) is 46.2 cm³/mol. The van der Waals surface area contributed by atoms with Crippen LogP contribution in [-0.4, -0.2) is 12.1 Å². The van der Waals surface area contributed by atoms with E-state index in [1.807, 2.05) is 0 Å². The van der Waals surface area contributed by atoms with E-state index in [0.29, 0.717) is 11.0 Å². The summed E-state index contributed by atoms with van der Waals surface area (Å²) in [6.07, 6.45) is 2.66. The Balaban J connectivity index is 0. The number of piperidine rings is 1. The van der Waals surface area contributed by atoms with Crippen molar-refractivity contribution in [3.63, 3.8) is 0 Å². The van der Waals surface area contributed by atoms with Crippen molar-refractivity contribution in [1.29, 1.82) is 0 Å². The van der Waals surface area contributed by atoms with E-state index in [1.165, 1.54) is 19.4 Å². The van der Waals surface area contributed by atoms with E-state index in [2.05, 4.69) is 33.0 Å².